The van der Waals surface area contributed by atoms with Gasteiger partial charge in [0.25, 0.3) is 5.82 Å². The topological polar surface area (TPSA) is 21.9 Å². The molecular weight excluding hydrogens is 320 g/mol. The molecule has 0 unspecified atom stereocenters. The van der Waals surface area contributed by atoms with Crippen LogP contribution >= 0.6 is 0 Å². The lowest BCUT2D eigenvalue weighted by molar-refractivity contribution is -0.601. The standard InChI is InChI=1S/C23H19N2O/c1-16-12-13-20-19-10-6-7-11-21(19)26-23(20)22(16)25-15-14-24(17(25)2)18-8-4-3-5-9-18/h3-15H,1-2H3/q+1. The molecule has 0 radical (unpaired) electrons. The van der Waals surface area contributed by atoms with Crippen molar-refractivity contribution in [2.75, 3.05) is 0 Å². The predicted octanol–water partition coefficient (Wildman–Crippen LogP) is 5.27. The summed E-state index contributed by atoms with van der Waals surface area (Å²) >= 11 is 0. The average Bonchev–Trinajstić information content (AvgIpc) is 3.23. The second kappa shape index (κ2) is 5.60. The van der Waals surface area contributed by atoms with Crippen LogP contribution in [-0.2, 0) is 0 Å². The summed E-state index contributed by atoms with van der Waals surface area (Å²) in [6.07, 6.45) is 4.21. The minimum atomic E-state index is 0.926. The van der Waals surface area contributed by atoms with Crippen LogP contribution in [0.4, 0.5) is 0 Å². The third kappa shape index (κ3) is 2.10. The van der Waals surface area contributed by atoms with Crippen molar-refractivity contribution in [2.45, 2.75) is 13.8 Å². The van der Waals surface area contributed by atoms with E-state index in [-0.39, 0.29) is 0 Å². The lowest BCUT2D eigenvalue weighted by atomic mass is 10.1. The molecule has 0 saturated heterocycles. The molecule has 0 N–H and O–H groups in total. The molecule has 126 valence electrons. The minimum absolute atomic E-state index is 0.926. The summed E-state index contributed by atoms with van der Waals surface area (Å²) in [6.45, 7) is 4.27. The summed E-state index contributed by atoms with van der Waals surface area (Å²) in [4.78, 5) is 0. The molecule has 2 aromatic heterocycles. The van der Waals surface area contributed by atoms with Crippen molar-refractivity contribution >= 4 is 21.9 Å². The highest BCUT2D eigenvalue weighted by Gasteiger charge is 2.22. The fraction of sp³-hybridized carbons (Fsp3) is 0.0870. The molecule has 0 aliphatic heterocycles. The normalized spacial score (nSPS) is 11.5. The zero-order valence-electron chi connectivity index (χ0n) is 14.8. The fourth-order valence-electron chi connectivity index (χ4n) is 3.74. The maximum absolute atomic E-state index is 6.26. The molecule has 2 heterocycles. The molecule has 5 aromatic rings. The molecule has 0 fully saturated rings. The van der Waals surface area contributed by atoms with Gasteiger partial charge in [0.05, 0.1) is 0 Å². The van der Waals surface area contributed by atoms with Gasteiger partial charge in [0.1, 0.15) is 23.7 Å². The molecule has 3 heteroatoms. The molecule has 5 rings (SSSR count). The summed E-state index contributed by atoms with van der Waals surface area (Å²) < 4.78 is 10.7. The number of furan rings is 1. The Balaban J connectivity index is 1.80. The van der Waals surface area contributed by atoms with Crippen molar-refractivity contribution in [3.8, 4) is 11.4 Å². The SMILES string of the molecule is Cc1ccc2c(oc3ccccc32)c1-[n+]1ccn(-c2ccccc2)c1C. The van der Waals surface area contributed by atoms with Gasteiger partial charge in [-0.05, 0) is 31.2 Å². The summed E-state index contributed by atoms with van der Waals surface area (Å²) in [5, 5.41) is 2.31. The van der Waals surface area contributed by atoms with Crippen LogP contribution in [0.25, 0.3) is 33.3 Å². The first kappa shape index (κ1) is 15.0. The Morgan fingerprint density at radius 2 is 1.58 bits per heavy atom. The van der Waals surface area contributed by atoms with Crippen LogP contribution in [0.3, 0.4) is 0 Å². The van der Waals surface area contributed by atoms with E-state index in [4.69, 9.17) is 4.42 Å². The monoisotopic (exact) mass is 339 g/mol. The molecule has 0 amide bonds. The maximum atomic E-state index is 6.26. The van der Waals surface area contributed by atoms with Gasteiger partial charge in [-0.15, -0.1) is 0 Å². The van der Waals surface area contributed by atoms with Crippen LogP contribution in [0.2, 0.25) is 0 Å². The van der Waals surface area contributed by atoms with Gasteiger partial charge >= 0.3 is 0 Å². The Morgan fingerprint density at radius 3 is 2.42 bits per heavy atom. The molecule has 26 heavy (non-hydrogen) atoms. The average molecular weight is 339 g/mol. The number of benzene rings is 3. The van der Waals surface area contributed by atoms with Crippen LogP contribution in [0.15, 0.2) is 83.5 Å². The minimum Gasteiger partial charge on any atom is -0.452 e. The van der Waals surface area contributed by atoms with Crippen LogP contribution < -0.4 is 4.57 Å². The van der Waals surface area contributed by atoms with Gasteiger partial charge in [0.2, 0.25) is 0 Å². The quantitative estimate of drug-likeness (QED) is 0.402. The van der Waals surface area contributed by atoms with E-state index in [1.54, 1.807) is 0 Å². The second-order valence-corrected chi connectivity index (χ2v) is 6.63. The first-order chi connectivity index (χ1) is 12.7. The lowest BCUT2D eigenvalue weighted by Gasteiger charge is -2.05. The number of aromatic nitrogens is 2. The maximum Gasteiger partial charge on any atom is 0.263 e. The Bertz CT molecular complexity index is 1250. The molecule has 0 spiro atoms. The van der Waals surface area contributed by atoms with E-state index in [1.165, 1.54) is 5.56 Å². The van der Waals surface area contributed by atoms with Crippen LogP contribution in [0, 0.1) is 13.8 Å². The first-order valence-electron chi connectivity index (χ1n) is 8.80. The van der Waals surface area contributed by atoms with Crippen molar-refractivity contribution in [2.24, 2.45) is 0 Å². The number of para-hydroxylation sites is 2. The highest BCUT2D eigenvalue weighted by atomic mass is 16.3. The van der Waals surface area contributed by atoms with Gasteiger partial charge < -0.3 is 4.42 Å². The van der Waals surface area contributed by atoms with Crippen LogP contribution in [0.1, 0.15) is 11.4 Å². The summed E-state index contributed by atoms with van der Waals surface area (Å²) in [5.74, 6) is 1.13. The van der Waals surface area contributed by atoms with Crippen molar-refractivity contribution < 1.29 is 8.98 Å². The van der Waals surface area contributed by atoms with Gasteiger partial charge in [0, 0.05) is 23.3 Å². The molecule has 0 saturated carbocycles. The van der Waals surface area contributed by atoms with Crippen molar-refractivity contribution in [1.82, 2.24) is 4.57 Å². The van der Waals surface area contributed by atoms with E-state index in [0.717, 1.165) is 39.1 Å². The van der Waals surface area contributed by atoms with Crippen LogP contribution in [0.5, 0.6) is 0 Å². The predicted molar refractivity (Wildman–Crippen MR) is 104 cm³/mol. The fourth-order valence-corrected chi connectivity index (χ4v) is 3.74. The largest absolute Gasteiger partial charge is 0.452 e. The molecule has 0 aliphatic carbocycles. The molecule has 0 aliphatic rings. The van der Waals surface area contributed by atoms with Crippen LogP contribution in [-0.4, -0.2) is 4.57 Å². The summed E-state index contributed by atoms with van der Waals surface area (Å²) in [6, 6.07) is 22.9. The number of aryl methyl sites for hydroxylation is 1. The van der Waals surface area contributed by atoms with Gasteiger partial charge in [0.15, 0.2) is 11.3 Å². The first-order valence-corrected chi connectivity index (χ1v) is 8.80. The van der Waals surface area contributed by atoms with E-state index >= 15 is 0 Å². The Hall–Kier alpha value is -3.33. The van der Waals surface area contributed by atoms with Gasteiger partial charge in [-0.2, -0.15) is 9.13 Å². The molecule has 3 nitrogen and oxygen atoms in total. The summed E-state index contributed by atoms with van der Waals surface area (Å²) in [7, 11) is 0. The van der Waals surface area contributed by atoms with E-state index in [0.29, 0.717) is 0 Å². The third-order valence-electron chi connectivity index (χ3n) is 5.06. The van der Waals surface area contributed by atoms with E-state index in [1.807, 2.05) is 18.2 Å². The Kier molecular flexibility index (Phi) is 3.22. The third-order valence-corrected chi connectivity index (χ3v) is 5.06. The van der Waals surface area contributed by atoms with E-state index in [9.17, 15) is 0 Å². The zero-order valence-corrected chi connectivity index (χ0v) is 14.8. The number of imidazole rings is 1. The van der Waals surface area contributed by atoms with Gasteiger partial charge in [-0.3, -0.25) is 0 Å². The summed E-state index contributed by atoms with van der Waals surface area (Å²) in [5.41, 5.74) is 5.31. The highest BCUT2D eigenvalue weighted by molar-refractivity contribution is 6.07. The number of fused-ring (bicyclic) bond motifs is 3. The molecule has 0 bridgehead atoms. The van der Waals surface area contributed by atoms with Crippen molar-refractivity contribution in [3.05, 3.63) is 90.5 Å². The van der Waals surface area contributed by atoms with Gasteiger partial charge in [-0.25, -0.2) is 0 Å². The smallest absolute Gasteiger partial charge is 0.263 e. The van der Waals surface area contributed by atoms with Crippen molar-refractivity contribution in [3.63, 3.8) is 0 Å². The van der Waals surface area contributed by atoms with E-state index in [2.05, 4.69) is 83.9 Å². The van der Waals surface area contributed by atoms with Crippen molar-refractivity contribution in [1.29, 1.82) is 0 Å². The number of hydrogen-bond donors (Lipinski definition) is 0. The molecule has 0 atom stereocenters. The second-order valence-electron chi connectivity index (χ2n) is 6.63. The Morgan fingerprint density at radius 1 is 0.808 bits per heavy atom. The molecule has 3 aromatic carbocycles. The Labute approximate surface area is 151 Å². The lowest BCUT2D eigenvalue weighted by Crippen LogP contribution is -2.33. The molecular formula is C23H19N2O+. The number of nitrogens with zero attached hydrogens (tertiary/aromatic N) is 2. The zero-order chi connectivity index (χ0) is 17.7. The highest BCUT2D eigenvalue weighted by Crippen LogP contribution is 2.32. The van der Waals surface area contributed by atoms with Gasteiger partial charge in [-0.1, -0.05) is 42.5 Å². The number of hydrogen-bond acceptors (Lipinski definition) is 1. The van der Waals surface area contributed by atoms with E-state index < -0.39 is 0 Å². The number of rotatable bonds is 2.